The molecule has 0 bridgehead atoms. The lowest BCUT2D eigenvalue weighted by Crippen LogP contribution is -2.42. The summed E-state index contributed by atoms with van der Waals surface area (Å²) in [4.78, 5) is 14.6. The molecule has 0 aromatic carbocycles. The van der Waals surface area contributed by atoms with Crippen LogP contribution in [0, 0.1) is 5.92 Å². The molecule has 2 heterocycles. The summed E-state index contributed by atoms with van der Waals surface area (Å²) in [6, 6.07) is 2.19. The molecule has 1 aliphatic heterocycles. The number of carbonyl (C=O) groups excluding carboxylic acids is 1. The number of hydrogen-bond acceptors (Lipinski definition) is 2. The van der Waals surface area contributed by atoms with Gasteiger partial charge in [0.15, 0.2) is 0 Å². The van der Waals surface area contributed by atoms with Crippen LogP contribution in [0.3, 0.4) is 0 Å². The minimum absolute atomic E-state index is 0. The van der Waals surface area contributed by atoms with Crippen molar-refractivity contribution in [1.29, 1.82) is 0 Å². The van der Waals surface area contributed by atoms with E-state index >= 15 is 0 Å². The van der Waals surface area contributed by atoms with Crippen molar-refractivity contribution >= 4 is 34.2 Å². The number of rotatable bonds is 3. The quantitative estimate of drug-likeness (QED) is 0.896. The van der Waals surface area contributed by atoms with Gasteiger partial charge < -0.3 is 15.2 Å². The highest BCUT2D eigenvalue weighted by Gasteiger charge is 2.26. The number of nitrogens with two attached hydrogens (primary N) is 1. The van der Waals surface area contributed by atoms with Crippen LogP contribution in [-0.4, -0.2) is 35.0 Å². The van der Waals surface area contributed by atoms with E-state index in [9.17, 15) is 4.79 Å². The summed E-state index contributed by atoms with van der Waals surface area (Å²) in [5.74, 6) is 0.571. The first kappa shape index (κ1) is 17.5. The Labute approximate surface area is 135 Å². The van der Waals surface area contributed by atoms with Crippen LogP contribution in [0.1, 0.15) is 43.2 Å². The van der Waals surface area contributed by atoms with Gasteiger partial charge in [-0.1, -0.05) is 0 Å². The summed E-state index contributed by atoms with van der Waals surface area (Å²) >= 11 is 3.46. The van der Waals surface area contributed by atoms with Crippen molar-refractivity contribution in [3.05, 3.63) is 22.4 Å². The molecule has 1 atom stereocenters. The normalized spacial score (nSPS) is 19.1. The first-order valence-electron chi connectivity index (χ1n) is 6.89. The van der Waals surface area contributed by atoms with Crippen LogP contribution in [0.2, 0.25) is 0 Å². The predicted octanol–water partition coefficient (Wildman–Crippen LogP) is 3.06. The SMILES string of the molecule is CC(C)n1cc(Br)cc1C(=O)N1CCCC(CN)C1.Cl. The number of amides is 1. The Morgan fingerprint density at radius 1 is 1.55 bits per heavy atom. The van der Waals surface area contributed by atoms with Crippen molar-refractivity contribution in [3.63, 3.8) is 0 Å². The van der Waals surface area contributed by atoms with Gasteiger partial charge in [-0.25, -0.2) is 0 Å². The highest BCUT2D eigenvalue weighted by Crippen LogP contribution is 2.23. The van der Waals surface area contributed by atoms with E-state index in [4.69, 9.17) is 5.73 Å². The van der Waals surface area contributed by atoms with E-state index in [1.54, 1.807) is 0 Å². The molecule has 1 fully saturated rings. The van der Waals surface area contributed by atoms with E-state index < -0.39 is 0 Å². The van der Waals surface area contributed by atoms with Gasteiger partial charge >= 0.3 is 0 Å². The number of halogens is 2. The molecule has 6 heteroatoms. The fourth-order valence-electron chi connectivity index (χ4n) is 2.65. The number of nitrogens with zero attached hydrogens (tertiary/aromatic N) is 2. The zero-order valence-electron chi connectivity index (χ0n) is 12.0. The zero-order chi connectivity index (χ0) is 14.0. The molecular weight excluding hydrogens is 342 g/mol. The summed E-state index contributed by atoms with van der Waals surface area (Å²) in [5.41, 5.74) is 6.50. The number of hydrogen-bond donors (Lipinski definition) is 1. The summed E-state index contributed by atoms with van der Waals surface area (Å²) < 4.78 is 2.98. The standard InChI is InChI=1S/C14H22BrN3O.ClH/c1-10(2)18-9-12(15)6-13(18)14(19)17-5-3-4-11(7-16)8-17;/h6,9-11H,3-5,7-8,16H2,1-2H3;1H. The van der Waals surface area contributed by atoms with Gasteiger partial charge in [0.25, 0.3) is 5.91 Å². The predicted molar refractivity (Wildman–Crippen MR) is 87.4 cm³/mol. The van der Waals surface area contributed by atoms with Crippen LogP contribution in [-0.2, 0) is 0 Å². The molecule has 1 aromatic rings. The summed E-state index contributed by atoms with van der Waals surface area (Å²) in [7, 11) is 0. The largest absolute Gasteiger partial charge is 0.340 e. The Morgan fingerprint density at radius 2 is 2.25 bits per heavy atom. The molecule has 20 heavy (non-hydrogen) atoms. The zero-order valence-corrected chi connectivity index (χ0v) is 14.4. The second-order valence-electron chi connectivity index (χ2n) is 5.54. The van der Waals surface area contributed by atoms with E-state index in [-0.39, 0.29) is 24.4 Å². The lowest BCUT2D eigenvalue weighted by Gasteiger charge is -2.32. The Kier molecular flexibility index (Phi) is 6.55. The maximum absolute atomic E-state index is 12.6. The summed E-state index contributed by atoms with van der Waals surface area (Å²) in [6.45, 7) is 6.47. The molecule has 2 N–H and O–H groups in total. The lowest BCUT2D eigenvalue weighted by molar-refractivity contribution is 0.0665. The van der Waals surface area contributed by atoms with Crippen LogP contribution in [0.5, 0.6) is 0 Å². The second-order valence-corrected chi connectivity index (χ2v) is 6.46. The molecule has 1 aliphatic rings. The molecule has 1 unspecified atom stereocenters. The maximum Gasteiger partial charge on any atom is 0.270 e. The molecule has 4 nitrogen and oxygen atoms in total. The fraction of sp³-hybridized carbons (Fsp3) is 0.643. The van der Waals surface area contributed by atoms with E-state index in [0.29, 0.717) is 12.5 Å². The first-order chi connectivity index (χ1) is 9.02. The van der Waals surface area contributed by atoms with Crippen LogP contribution >= 0.6 is 28.3 Å². The van der Waals surface area contributed by atoms with Crippen molar-refractivity contribution < 1.29 is 4.79 Å². The van der Waals surface area contributed by atoms with E-state index in [1.807, 2.05) is 21.7 Å². The van der Waals surface area contributed by atoms with E-state index in [2.05, 4.69) is 29.8 Å². The average Bonchev–Trinajstić information content (AvgIpc) is 2.80. The Hall–Kier alpha value is -0.520. The fourth-order valence-corrected chi connectivity index (χ4v) is 3.09. The number of likely N-dealkylation sites (tertiary alicyclic amines) is 1. The third-order valence-corrected chi connectivity index (χ3v) is 4.16. The van der Waals surface area contributed by atoms with Gasteiger partial charge in [-0.05, 0) is 61.1 Å². The molecule has 1 amide bonds. The van der Waals surface area contributed by atoms with Gasteiger partial charge in [0.05, 0.1) is 0 Å². The number of piperidine rings is 1. The molecule has 0 radical (unpaired) electrons. The van der Waals surface area contributed by atoms with Gasteiger partial charge in [-0.15, -0.1) is 12.4 Å². The second kappa shape index (κ2) is 7.48. The molecule has 1 aromatic heterocycles. The van der Waals surface area contributed by atoms with Gasteiger partial charge in [-0.3, -0.25) is 4.79 Å². The smallest absolute Gasteiger partial charge is 0.270 e. The molecule has 0 aliphatic carbocycles. The van der Waals surface area contributed by atoms with Crippen molar-refractivity contribution in [1.82, 2.24) is 9.47 Å². The Bertz CT molecular complexity index is 461. The Balaban J connectivity index is 0.00000200. The van der Waals surface area contributed by atoms with Crippen LogP contribution in [0.4, 0.5) is 0 Å². The Morgan fingerprint density at radius 3 is 2.85 bits per heavy atom. The molecule has 114 valence electrons. The highest BCUT2D eigenvalue weighted by molar-refractivity contribution is 9.10. The van der Waals surface area contributed by atoms with Crippen LogP contribution in [0.25, 0.3) is 0 Å². The monoisotopic (exact) mass is 363 g/mol. The van der Waals surface area contributed by atoms with Gasteiger partial charge in [-0.2, -0.15) is 0 Å². The maximum atomic E-state index is 12.6. The van der Waals surface area contributed by atoms with Crippen molar-refractivity contribution in [2.75, 3.05) is 19.6 Å². The third kappa shape index (κ3) is 3.77. The van der Waals surface area contributed by atoms with Gasteiger partial charge in [0.2, 0.25) is 0 Å². The van der Waals surface area contributed by atoms with Crippen LogP contribution in [0.15, 0.2) is 16.7 Å². The number of aromatic nitrogens is 1. The molecule has 0 saturated carbocycles. The minimum atomic E-state index is 0. The minimum Gasteiger partial charge on any atom is -0.340 e. The lowest BCUT2D eigenvalue weighted by atomic mass is 9.98. The molecule has 2 rings (SSSR count). The average molecular weight is 365 g/mol. The molecule has 1 saturated heterocycles. The molecular formula is C14H23BrClN3O. The van der Waals surface area contributed by atoms with Gasteiger partial charge in [0.1, 0.15) is 5.69 Å². The summed E-state index contributed by atoms with van der Waals surface area (Å²) in [6.07, 6.45) is 4.16. The topological polar surface area (TPSA) is 51.3 Å². The van der Waals surface area contributed by atoms with Crippen LogP contribution < -0.4 is 5.73 Å². The summed E-state index contributed by atoms with van der Waals surface area (Å²) in [5, 5.41) is 0. The number of carbonyl (C=O) groups is 1. The van der Waals surface area contributed by atoms with E-state index in [0.717, 1.165) is 36.1 Å². The van der Waals surface area contributed by atoms with Crippen molar-refractivity contribution in [2.45, 2.75) is 32.7 Å². The first-order valence-corrected chi connectivity index (χ1v) is 7.69. The highest BCUT2D eigenvalue weighted by atomic mass is 79.9. The van der Waals surface area contributed by atoms with E-state index in [1.165, 1.54) is 0 Å². The van der Waals surface area contributed by atoms with Crippen molar-refractivity contribution in [3.8, 4) is 0 Å². The van der Waals surface area contributed by atoms with Crippen molar-refractivity contribution in [2.24, 2.45) is 11.7 Å². The van der Waals surface area contributed by atoms with Gasteiger partial charge in [0, 0.05) is 29.8 Å². The third-order valence-electron chi connectivity index (χ3n) is 3.73. The molecule has 0 spiro atoms.